The molecule has 4 nitrogen and oxygen atoms in total. The van der Waals surface area contributed by atoms with Crippen LogP contribution in [0.15, 0.2) is 29.8 Å². The Morgan fingerprint density at radius 3 is 2.81 bits per heavy atom. The molecule has 0 aliphatic carbocycles. The van der Waals surface area contributed by atoms with Crippen molar-refractivity contribution in [3.8, 4) is 0 Å². The summed E-state index contributed by atoms with van der Waals surface area (Å²) in [5.41, 5.74) is 0.396. The Balaban J connectivity index is 2.03. The molecular weight excluding hydrogens is 329 g/mol. The molecule has 1 unspecified atom stereocenters. The number of nitrogens with one attached hydrogen (secondary N) is 1. The molecule has 2 aromatic rings. The molecule has 0 spiro atoms. The van der Waals surface area contributed by atoms with E-state index in [0.29, 0.717) is 12.1 Å². The fourth-order valence-electron chi connectivity index (χ4n) is 1.86. The zero-order chi connectivity index (χ0) is 15.4. The van der Waals surface area contributed by atoms with E-state index >= 15 is 0 Å². The van der Waals surface area contributed by atoms with Crippen molar-refractivity contribution in [3.63, 3.8) is 0 Å². The molecule has 0 saturated carbocycles. The first-order valence-corrected chi connectivity index (χ1v) is 7.91. The Kier molecular flexibility index (Phi) is 5.58. The van der Waals surface area contributed by atoms with Crippen LogP contribution < -0.4 is 5.32 Å². The second kappa shape index (κ2) is 7.22. The fraction of sp³-hybridized carbons (Fsp3) is 0.286. The molecule has 0 aliphatic rings. The van der Waals surface area contributed by atoms with Crippen LogP contribution in [-0.4, -0.2) is 36.4 Å². The van der Waals surface area contributed by atoms with E-state index in [1.165, 1.54) is 17.1 Å². The van der Waals surface area contributed by atoms with Gasteiger partial charge >= 0.3 is 0 Å². The molecule has 1 amide bonds. The van der Waals surface area contributed by atoms with E-state index in [1.807, 2.05) is 25.5 Å². The van der Waals surface area contributed by atoms with Crippen LogP contribution in [0.4, 0.5) is 0 Å². The molecule has 2 aromatic heterocycles. The minimum absolute atomic E-state index is 0.129. The van der Waals surface area contributed by atoms with E-state index in [9.17, 15) is 4.79 Å². The van der Waals surface area contributed by atoms with Crippen molar-refractivity contribution in [1.82, 2.24) is 15.2 Å². The number of carbonyl (C=O) groups excluding carboxylic acids is 1. The molecule has 2 rings (SSSR count). The number of nitrogens with zero attached hydrogens (tertiary/aromatic N) is 2. The molecule has 1 N–H and O–H groups in total. The number of hydrogen-bond donors (Lipinski definition) is 1. The summed E-state index contributed by atoms with van der Waals surface area (Å²) in [7, 11) is 3.97. The lowest BCUT2D eigenvalue weighted by atomic mass is 10.2. The lowest BCUT2D eigenvalue weighted by Gasteiger charge is -2.23. The minimum atomic E-state index is -0.218. The number of amides is 1. The lowest BCUT2D eigenvalue weighted by molar-refractivity contribution is 0.0942. The van der Waals surface area contributed by atoms with Gasteiger partial charge in [-0.25, -0.2) is 4.98 Å². The first-order valence-electron chi connectivity index (χ1n) is 6.28. The topological polar surface area (TPSA) is 45.2 Å². The third-order valence-electron chi connectivity index (χ3n) is 3.01. The Morgan fingerprint density at radius 2 is 2.24 bits per heavy atom. The van der Waals surface area contributed by atoms with E-state index in [4.69, 9.17) is 23.2 Å². The standard InChI is InChI=1S/C14H15Cl2N3OS/c1-19(2)11(12-4-3-5-21-12)8-18-14(20)9-6-10(15)13(16)17-7-9/h3-7,11H,8H2,1-2H3,(H,18,20). The number of thiophene rings is 1. The summed E-state index contributed by atoms with van der Waals surface area (Å²) in [6.07, 6.45) is 1.42. The SMILES string of the molecule is CN(C)C(CNC(=O)c1cnc(Cl)c(Cl)c1)c1cccs1. The molecule has 7 heteroatoms. The van der Waals surface area contributed by atoms with Crippen molar-refractivity contribution in [2.45, 2.75) is 6.04 Å². The number of pyridine rings is 1. The molecule has 0 aliphatic heterocycles. The van der Waals surface area contributed by atoms with Crippen LogP contribution in [0.25, 0.3) is 0 Å². The van der Waals surface area contributed by atoms with Crippen molar-refractivity contribution in [3.05, 3.63) is 50.4 Å². The molecule has 0 aromatic carbocycles. The first-order chi connectivity index (χ1) is 9.99. The van der Waals surface area contributed by atoms with Gasteiger partial charge in [0.2, 0.25) is 0 Å². The van der Waals surface area contributed by atoms with Gasteiger partial charge in [-0.05, 0) is 31.6 Å². The van der Waals surface area contributed by atoms with Crippen molar-refractivity contribution in [1.29, 1.82) is 0 Å². The van der Waals surface area contributed by atoms with Gasteiger partial charge in [-0.15, -0.1) is 11.3 Å². The Bertz CT molecular complexity index is 617. The van der Waals surface area contributed by atoms with Gasteiger partial charge in [0.05, 0.1) is 16.6 Å². The molecule has 0 saturated heterocycles. The van der Waals surface area contributed by atoms with Crippen LogP contribution in [0.2, 0.25) is 10.2 Å². The summed E-state index contributed by atoms with van der Waals surface area (Å²) >= 11 is 13.3. The molecule has 0 radical (unpaired) electrons. The summed E-state index contributed by atoms with van der Waals surface area (Å²) in [5, 5.41) is 5.39. The maximum atomic E-state index is 12.1. The van der Waals surface area contributed by atoms with E-state index in [2.05, 4.69) is 21.3 Å². The quantitative estimate of drug-likeness (QED) is 0.845. The van der Waals surface area contributed by atoms with Gasteiger partial charge in [0.15, 0.2) is 0 Å². The van der Waals surface area contributed by atoms with Gasteiger partial charge in [-0.2, -0.15) is 0 Å². The van der Waals surface area contributed by atoms with Crippen molar-refractivity contribution in [2.75, 3.05) is 20.6 Å². The van der Waals surface area contributed by atoms with Crippen molar-refractivity contribution in [2.24, 2.45) is 0 Å². The number of halogens is 2. The summed E-state index contributed by atoms with van der Waals surface area (Å²) in [6.45, 7) is 0.507. The van der Waals surface area contributed by atoms with Gasteiger partial charge in [0.1, 0.15) is 5.15 Å². The Morgan fingerprint density at radius 1 is 1.48 bits per heavy atom. The lowest BCUT2D eigenvalue weighted by Crippen LogP contribution is -2.34. The van der Waals surface area contributed by atoms with E-state index < -0.39 is 0 Å². The van der Waals surface area contributed by atoms with Gasteiger partial charge in [0.25, 0.3) is 5.91 Å². The van der Waals surface area contributed by atoms with Crippen molar-refractivity contribution < 1.29 is 4.79 Å². The number of likely N-dealkylation sites (N-methyl/N-ethyl adjacent to an activating group) is 1. The highest BCUT2D eigenvalue weighted by atomic mass is 35.5. The molecule has 112 valence electrons. The van der Waals surface area contributed by atoms with E-state index in [1.54, 1.807) is 11.3 Å². The molecule has 2 heterocycles. The predicted molar refractivity (Wildman–Crippen MR) is 87.3 cm³/mol. The Hall–Kier alpha value is -1.14. The normalized spacial score (nSPS) is 12.4. The highest BCUT2D eigenvalue weighted by Gasteiger charge is 2.17. The van der Waals surface area contributed by atoms with Gasteiger partial charge < -0.3 is 10.2 Å². The molecule has 1 atom stereocenters. The number of carbonyl (C=O) groups is 1. The summed E-state index contributed by atoms with van der Waals surface area (Å²) < 4.78 is 0. The largest absolute Gasteiger partial charge is 0.350 e. The van der Waals surface area contributed by atoms with Crippen LogP contribution in [0.5, 0.6) is 0 Å². The van der Waals surface area contributed by atoms with E-state index in [0.717, 1.165) is 0 Å². The average Bonchev–Trinajstić information content (AvgIpc) is 2.95. The third-order valence-corrected chi connectivity index (χ3v) is 4.67. The maximum Gasteiger partial charge on any atom is 0.252 e. The Labute approximate surface area is 137 Å². The van der Waals surface area contributed by atoms with Gasteiger partial charge in [0, 0.05) is 17.6 Å². The van der Waals surface area contributed by atoms with Crippen LogP contribution in [-0.2, 0) is 0 Å². The second-order valence-electron chi connectivity index (χ2n) is 4.70. The number of aromatic nitrogens is 1. The monoisotopic (exact) mass is 343 g/mol. The van der Waals surface area contributed by atoms with Crippen molar-refractivity contribution >= 4 is 40.4 Å². The van der Waals surface area contributed by atoms with E-state index in [-0.39, 0.29) is 22.1 Å². The minimum Gasteiger partial charge on any atom is -0.350 e. The second-order valence-corrected chi connectivity index (χ2v) is 6.45. The summed E-state index contributed by atoms with van der Waals surface area (Å²) in [5.74, 6) is -0.218. The fourth-order valence-corrected chi connectivity index (χ4v) is 3.05. The van der Waals surface area contributed by atoms with Gasteiger partial charge in [-0.3, -0.25) is 4.79 Å². The molecule has 21 heavy (non-hydrogen) atoms. The van der Waals surface area contributed by atoms with Gasteiger partial charge in [-0.1, -0.05) is 29.3 Å². The highest BCUT2D eigenvalue weighted by molar-refractivity contribution is 7.10. The summed E-state index contributed by atoms with van der Waals surface area (Å²) in [6, 6.07) is 5.70. The van der Waals surface area contributed by atoms with Crippen LogP contribution >= 0.6 is 34.5 Å². The summed E-state index contributed by atoms with van der Waals surface area (Å²) in [4.78, 5) is 19.3. The average molecular weight is 344 g/mol. The van der Waals surface area contributed by atoms with Crippen LogP contribution in [0.1, 0.15) is 21.3 Å². The number of hydrogen-bond acceptors (Lipinski definition) is 4. The highest BCUT2D eigenvalue weighted by Crippen LogP contribution is 2.23. The van der Waals surface area contributed by atoms with Crippen LogP contribution in [0.3, 0.4) is 0 Å². The molecular formula is C14H15Cl2N3OS. The maximum absolute atomic E-state index is 12.1. The smallest absolute Gasteiger partial charge is 0.252 e. The zero-order valence-electron chi connectivity index (χ0n) is 11.6. The zero-order valence-corrected chi connectivity index (χ0v) is 14.0. The predicted octanol–water partition coefficient (Wildman–Crippen LogP) is 3.48. The first kappa shape index (κ1) is 16.2. The molecule has 0 bridgehead atoms. The van der Waals surface area contributed by atoms with Crippen LogP contribution in [0, 0.1) is 0 Å². The molecule has 0 fully saturated rings. The third kappa shape index (κ3) is 4.17. The number of rotatable bonds is 5.